The maximum Gasteiger partial charge on any atom is 0.311 e. The number of hydrogen-bond acceptors (Lipinski definition) is 9. The van der Waals surface area contributed by atoms with Crippen molar-refractivity contribution in [1.29, 1.82) is 0 Å². The first-order valence-electron chi connectivity index (χ1n) is 12.5. The molecular weight excluding hydrogens is 482 g/mol. The van der Waals surface area contributed by atoms with E-state index in [1.165, 1.54) is 7.11 Å². The number of piperazine rings is 1. The van der Waals surface area contributed by atoms with Crippen LogP contribution in [-0.2, 0) is 15.6 Å². The number of likely N-dealkylation sites (N-methyl/N-ethyl adjacent to an activating group) is 1. The van der Waals surface area contributed by atoms with Crippen LogP contribution in [0.15, 0.2) is 21.4 Å². The Hall–Kier alpha value is -2.50. The molecule has 0 radical (unpaired) electrons. The molecule has 1 saturated heterocycles. The van der Waals surface area contributed by atoms with Crippen molar-refractivity contribution < 1.29 is 22.4 Å². The molecule has 0 bridgehead atoms. The number of amides is 1. The first-order valence-corrected chi connectivity index (χ1v) is 14.1. The van der Waals surface area contributed by atoms with Crippen molar-refractivity contribution in [3.63, 3.8) is 0 Å². The summed E-state index contributed by atoms with van der Waals surface area (Å²) >= 11 is 0. The predicted molar refractivity (Wildman–Crippen MR) is 135 cm³/mol. The summed E-state index contributed by atoms with van der Waals surface area (Å²) in [5.74, 6) is -0.518. The van der Waals surface area contributed by atoms with Crippen molar-refractivity contribution in [3.05, 3.63) is 35.0 Å². The summed E-state index contributed by atoms with van der Waals surface area (Å²) in [4.78, 5) is 19.9. The zero-order chi connectivity index (χ0) is 26.0. The molecule has 2 heterocycles. The minimum absolute atomic E-state index is 0.0830. The number of aryl methyl sites for hydroxylation is 2. The molecule has 36 heavy (non-hydrogen) atoms. The standard InChI is InChI=1S/C25H37N5O5S/c1-17-13-21(34-5)14-18(2)23(17)36(32,33)16-22-26-27-24(35-22)25(31)29(4)19-7-6-8-20(15-19)30-11-9-28(3)10-12-30/h13-14,19-20H,6-12,15-16H2,1-5H3/t19-,20+/m0/s1. The average molecular weight is 520 g/mol. The molecule has 2 aliphatic rings. The van der Waals surface area contributed by atoms with Crippen molar-refractivity contribution >= 4 is 15.7 Å². The second-order valence-corrected chi connectivity index (χ2v) is 12.0. The fourth-order valence-corrected chi connectivity index (χ4v) is 7.16. The highest BCUT2D eigenvalue weighted by atomic mass is 32.2. The normalized spacial score (nSPS) is 21.9. The highest BCUT2D eigenvalue weighted by Gasteiger charge is 2.34. The minimum atomic E-state index is -3.76. The number of carbonyl (C=O) groups is 1. The number of ether oxygens (including phenoxy) is 1. The molecule has 1 aliphatic carbocycles. The monoisotopic (exact) mass is 519 g/mol. The lowest BCUT2D eigenvalue weighted by Gasteiger charge is -2.43. The Bertz CT molecular complexity index is 1170. The van der Waals surface area contributed by atoms with Gasteiger partial charge >= 0.3 is 11.8 Å². The Morgan fingerprint density at radius 2 is 1.81 bits per heavy atom. The van der Waals surface area contributed by atoms with Gasteiger partial charge in [-0.15, -0.1) is 10.2 Å². The van der Waals surface area contributed by atoms with E-state index < -0.39 is 15.6 Å². The first kappa shape index (κ1) is 26.6. The molecule has 10 nitrogen and oxygen atoms in total. The zero-order valence-electron chi connectivity index (χ0n) is 21.9. The minimum Gasteiger partial charge on any atom is -0.497 e. The van der Waals surface area contributed by atoms with Crippen LogP contribution in [0.2, 0.25) is 0 Å². The number of carbonyl (C=O) groups excluding carboxylic acids is 1. The van der Waals surface area contributed by atoms with Crippen molar-refractivity contribution in [2.45, 2.75) is 62.3 Å². The Morgan fingerprint density at radius 3 is 2.44 bits per heavy atom. The van der Waals surface area contributed by atoms with Gasteiger partial charge in [-0.05, 0) is 69.8 Å². The SMILES string of the molecule is COc1cc(C)c(S(=O)(=O)Cc2nnc(C(=O)N(C)[C@H]3CCC[C@@H](N4CCN(C)CC4)C3)o2)c(C)c1. The number of nitrogens with zero attached hydrogens (tertiary/aromatic N) is 5. The molecule has 4 rings (SSSR count). The molecule has 198 valence electrons. The van der Waals surface area contributed by atoms with E-state index in [-0.39, 0.29) is 28.6 Å². The Labute approximate surface area is 213 Å². The van der Waals surface area contributed by atoms with Gasteiger partial charge in [-0.3, -0.25) is 9.69 Å². The fraction of sp³-hybridized carbons (Fsp3) is 0.640. The van der Waals surface area contributed by atoms with E-state index in [0.29, 0.717) is 22.9 Å². The van der Waals surface area contributed by atoms with E-state index in [1.807, 2.05) is 0 Å². The highest BCUT2D eigenvalue weighted by Crippen LogP contribution is 2.29. The summed E-state index contributed by atoms with van der Waals surface area (Å²) < 4.78 is 37.1. The summed E-state index contributed by atoms with van der Waals surface area (Å²) in [6.07, 6.45) is 4.05. The smallest absolute Gasteiger partial charge is 0.311 e. The molecule has 2 atom stereocenters. The van der Waals surface area contributed by atoms with Crippen molar-refractivity contribution in [1.82, 2.24) is 24.9 Å². The van der Waals surface area contributed by atoms with Gasteiger partial charge < -0.3 is 19.0 Å². The first-order chi connectivity index (χ1) is 17.1. The molecule has 0 N–H and O–H groups in total. The summed E-state index contributed by atoms with van der Waals surface area (Å²) in [6, 6.07) is 3.90. The lowest BCUT2D eigenvalue weighted by Crippen LogP contribution is -2.52. The van der Waals surface area contributed by atoms with Crippen LogP contribution in [0, 0.1) is 13.8 Å². The van der Waals surface area contributed by atoms with Gasteiger partial charge in [-0.2, -0.15) is 0 Å². The zero-order valence-corrected chi connectivity index (χ0v) is 22.7. The van der Waals surface area contributed by atoms with Gasteiger partial charge in [0, 0.05) is 45.3 Å². The van der Waals surface area contributed by atoms with Gasteiger partial charge in [0.15, 0.2) is 9.84 Å². The largest absolute Gasteiger partial charge is 0.497 e. The molecular formula is C25H37N5O5S. The van der Waals surface area contributed by atoms with Gasteiger partial charge in [-0.1, -0.05) is 0 Å². The second kappa shape index (κ2) is 10.9. The molecule has 11 heteroatoms. The van der Waals surface area contributed by atoms with Gasteiger partial charge in [0.2, 0.25) is 5.89 Å². The Balaban J connectivity index is 1.42. The topological polar surface area (TPSA) is 109 Å². The fourth-order valence-electron chi connectivity index (χ4n) is 5.48. The summed E-state index contributed by atoms with van der Waals surface area (Å²) in [7, 11) is 1.69. The third kappa shape index (κ3) is 5.73. The number of sulfone groups is 1. The number of benzene rings is 1. The third-order valence-electron chi connectivity index (χ3n) is 7.49. The van der Waals surface area contributed by atoms with Crippen LogP contribution < -0.4 is 4.74 Å². The maximum atomic E-state index is 13.1. The van der Waals surface area contributed by atoms with E-state index in [2.05, 4.69) is 27.0 Å². The molecule has 0 spiro atoms. The van der Waals surface area contributed by atoms with E-state index in [0.717, 1.165) is 51.9 Å². The van der Waals surface area contributed by atoms with E-state index >= 15 is 0 Å². The molecule has 2 aromatic rings. The quantitative estimate of drug-likeness (QED) is 0.544. The molecule has 1 amide bonds. The van der Waals surface area contributed by atoms with Crippen molar-refractivity contribution in [2.24, 2.45) is 0 Å². The van der Waals surface area contributed by atoms with Gasteiger partial charge in [0.1, 0.15) is 11.5 Å². The predicted octanol–water partition coefficient (Wildman–Crippen LogP) is 2.30. The molecule has 1 aliphatic heterocycles. The van der Waals surface area contributed by atoms with E-state index in [9.17, 15) is 13.2 Å². The molecule has 1 saturated carbocycles. The van der Waals surface area contributed by atoms with Gasteiger partial charge in [-0.25, -0.2) is 8.42 Å². The second-order valence-electron chi connectivity index (χ2n) is 10.1. The van der Waals surface area contributed by atoms with Crippen LogP contribution in [0.25, 0.3) is 0 Å². The van der Waals surface area contributed by atoms with Crippen LogP contribution in [0.3, 0.4) is 0 Å². The number of methoxy groups -OCH3 is 1. The van der Waals surface area contributed by atoms with Crippen LogP contribution in [0.5, 0.6) is 5.75 Å². The van der Waals surface area contributed by atoms with Crippen molar-refractivity contribution in [3.8, 4) is 5.75 Å². The van der Waals surface area contributed by atoms with Crippen LogP contribution in [0.4, 0.5) is 0 Å². The number of hydrogen-bond donors (Lipinski definition) is 0. The van der Waals surface area contributed by atoms with Gasteiger partial charge in [0.05, 0.1) is 12.0 Å². The van der Waals surface area contributed by atoms with Crippen LogP contribution in [-0.4, -0.2) is 98.7 Å². The summed E-state index contributed by atoms with van der Waals surface area (Å²) in [5, 5.41) is 7.77. The number of rotatable bonds is 7. The Kier molecular flexibility index (Phi) is 8.01. The van der Waals surface area contributed by atoms with Crippen molar-refractivity contribution in [2.75, 3.05) is 47.4 Å². The lowest BCUT2D eigenvalue weighted by molar-refractivity contribution is 0.0470. The third-order valence-corrected chi connectivity index (χ3v) is 9.38. The van der Waals surface area contributed by atoms with Crippen LogP contribution >= 0.6 is 0 Å². The van der Waals surface area contributed by atoms with E-state index in [1.54, 1.807) is 37.9 Å². The molecule has 1 aromatic heterocycles. The van der Waals surface area contributed by atoms with Gasteiger partial charge in [0.25, 0.3) is 0 Å². The van der Waals surface area contributed by atoms with Crippen LogP contribution in [0.1, 0.15) is 53.4 Å². The van der Waals surface area contributed by atoms with E-state index in [4.69, 9.17) is 9.15 Å². The summed E-state index contributed by atoms with van der Waals surface area (Å²) in [5.41, 5.74) is 1.16. The molecule has 1 aromatic carbocycles. The maximum absolute atomic E-state index is 13.1. The average Bonchev–Trinajstić information content (AvgIpc) is 3.30. The summed E-state index contributed by atoms with van der Waals surface area (Å²) in [6.45, 7) is 7.69. The molecule has 0 unspecified atom stereocenters. The Morgan fingerprint density at radius 1 is 1.14 bits per heavy atom. The highest BCUT2D eigenvalue weighted by molar-refractivity contribution is 7.90. The number of aromatic nitrogens is 2. The lowest BCUT2D eigenvalue weighted by atomic mass is 9.88. The molecule has 2 fully saturated rings.